The zero-order valence-electron chi connectivity index (χ0n) is 10.5. The molecule has 0 aromatic heterocycles. The Morgan fingerprint density at radius 2 is 1.56 bits per heavy atom. The molecule has 0 unspecified atom stereocenters. The number of hydrogen-bond acceptors (Lipinski definition) is 1. The van der Waals surface area contributed by atoms with E-state index < -0.39 is 0 Å². The molecule has 3 rings (SSSR count). The molecule has 2 aromatic carbocycles. The number of benzene rings is 2. The lowest BCUT2D eigenvalue weighted by Crippen LogP contribution is -2.10. The quantitative estimate of drug-likeness (QED) is 0.861. The third-order valence-corrected chi connectivity index (χ3v) is 3.96. The van der Waals surface area contributed by atoms with Gasteiger partial charge in [0.15, 0.2) is 0 Å². The van der Waals surface area contributed by atoms with Gasteiger partial charge in [0, 0.05) is 6.61 Å². The van der Waals surface area contributed by atoms with Crippen LogP contribution in [0, 0.1) is 5.41 Å². The molecule has 0 aliphatic heterocycles. The first-order chi connectivity index (χ1) is 8.83. The molecule has 1 aliphatic carbocycles. The van der Waals surface area contributed by atoms with Crippen molar-refractivity contribution in [3.05, 3.63) is 60.2 Å². The van der Waals surface area contributed by atoms with Gasteiger partial charge in [-0.15, -0.1) is 0 Å². The van der Waals surface area contributed by atoms with Gasteiger partial charge in [-0.3, -0.25) is 0 Å². The summed E-state index contributed by atoms with van der Waals surface area (Å²) >= 11 is 0. The smallest absolute Gasteiger partial charge is 0.0490 e. The van der Waals surface area contributed by atoms with Gasteiger partial charge < -0.3 is 5.11 Å². The van der Waals surface area contributed by atoms with E-state index in [1.54, 1.807) is 0 Å². The second-order valence-electron chi connectivity index (χ2n) is 5.36. The van der Waals surface area contributed by atoms with Crippen LogP contribution in [0.1, 0.15) is 18.4 Å². The Kier molecular flexibility index (Phi) is 2.92. The molecule has 92 valence electrons. The lowest BCUT2D eigenvalue weighted by molar-refractivity contribution is 0.211. The summed E-state index contributed by atoms with van der Waals surface area (Å²) in [5.74, 6) is 0. The second kappa shape index (κ2) is 4.58. The van der Waals surface area contributed by atoms with Gasteiger partial charge in [0.25, 0.3) is 0 Å². The highest BCUT2D eigenvalue weighted by molar-refractivity contribution is 5.67. The molecule has 0 heterocycles. The van der Waals surface area contributed by atoms with Crippen LogP contribution in [-0.2, 0) is 6.42 Å². The SMILES string of the molecule is OCC1(Cc2ccccc2-c2ccccc2)CC1. The number of aliphatic hydroxyl groups is 1. The predicted octanol–water partition coefficient (Wildman–Crippen LogP) is 3.67. The molecule has 0 amide bonds. The topological polar surface area (TPSA) is 20.2 Å². The molecule has 1 nitrogen and oxygen atoms in total. The van der Waals surface area contributed by atoms with Gasteiger partial charge in [0.05, 0.1) is 0 Å². The van der Waals surface area contributed by atoms with E-state index in [4.69, 9.17) is 0 Å². The minimum atomic E-state index is 0.172. The summed E-state index contributed by atoms with van der Waals surface area (Å²) in [7, 11) is 0. The molecule has 1 saturated carbocycles. The Morgan fingerprint density at radius 3 is 2.22 bits per heavy atom. The highest BCUT2D eigenvalue weighted by Gasteiger charge is 2.42. The number of aliphatic hydroxyl groups excluding tert-OH is 1. The van der Waals surface area contributed by atoms with Gasteiger partial charge >= 0.3 is 0 Å². The molecule has 1 aliphatic rings. The number of hydrogen-bond donors (Lipinski definition) is 1. The van der Waals surface area contributed by atoms with Crippen LogP contribution in [0.25, 0.3) is 11.1 Å². The minimum absolute atomic E-state index is 0.172. The summed E-state index contributed by atoms with van der Waals surface area (Å²) in [4.78, 5) is 0. The summed E-state index contributed by atoms with van der Waals surface area (Å²) in [5, 5.41) is 9.48. The first-order valence-corrected chi connectivity index (χ1v) is 6.57. The molecular weight excluding hydrogens is 220 g/mol. The van der Waals surface area contributed by atoms with Crippen molar-refractivity contribution < 1.29 is 5.11 Å². The van der Waals surface area contributed by atoms with Crippen molar-refractivity contribution in [2.75, 3.05) is 6.61 Å². The maximum atomic E-state index is 9.48. The van der Waals surface area contributed by atoms with E-state index in [9.17, 15) is 5.11 Å². The molecule has 0 spiro atoms. The average molecular weight is 238 g/mol. The second-order valence-corrected chi connectivity index (χ2v) is 5.36. The van der Waals surface area contributed by atoms with Crippen molar-refractivity contribution in [2.45, 2.75) is 19.3 Å². The standard InChI is InChI=1S/C17H18O/c18-13-17(10-11-17)12-15-8-4-5-9-16(15)14-6-2-1-3-7-14/h1-9,18H,10-13H2. The Balaban J connectivity index is 1.96. The number of rotatable bonds is 4. The van der Waals surface area contributed by atoms with E-state index in [1.165, 1.54) is 16.7 Å². The van der Waals surface area contributed by atoms with Crippen molar-refractivity contribution in [1.82, 2.24) is 0 Å². The largest absolute Gasteiger partial charge is 0.396 e. The first kappa shape index (κ1) is 11.5. The van der Waals surface area contributed by atoms with Crippen molar-refractivity contribution in [1.29, 1.82) is 0 Å². The summed E-state index contributed by atoms with van der Waals surface area (Å²) in [6.07, 6.45) is 3.31. The Labute approximate surface area is 108 Å². The van der Waals surface area contributed by atoms with Crippen molar-refractivity contribution >= 4 is 0 Å². The molecule has 1 heteroatoms. The monoisotopic (exact) mass is 238 g/mol. The highest BCUT2D eigenvalue weighted by Crippen LogP contribution is 2.48. The fourth-order valence-corrected chi connectivity index (χ4v) is 2.55. The molecule has 2 aromatic rings. The highest BCUT2D eigenvalue weighted by atomic mass is 16.3. The predicted molar refractivity (Wildman–Crippen MR) is 74.3 cm³/mol. The minimum Gasteiger partial charge on any atom is -0.396 e. The average Bonchev–Trinajstić information content (AvgIpc) is 3.21. The van der Waals surface area contributed by atoms with Gasteiger partial charge in [0.1, 0.15) is 0 Å². The van der Waals surface area contributed by atoms with Gasteiger partial charge in [0.2, 0.25) is 0 Å². The van der Waals surface area contributed by atoms with Crippen LogP contribution in [0.5, 0.6) is 0 Å². The molecule has 0 radical (unpaired) electrons. The molecule has 18 heavy (non-hydrogen) atoms. The van der Waals surface area contributed by atoms with Crippen LogP contribution in [-0.4, -0.2) is 11.7 Å². The Morgan fingerprint density at radius 1 is 0.889 bits per heavy atom. The molecule has 0 saturated heterocycles. The van der Waals surface area contributed by atoms with E-state index in [-0.39, 0.29) is 5.41 Å². The van der Waals surface area contributed by atoms with E-state index >= 15 is 0 Å². The normalized spacial score (nSPS) is 16.5. The van der Waals surface area contributed by atoms with Crippen LogP contribution in [0.3, 0.4) is 0 Å². The zero-order chi connectivity index (χ0) is 12.4. The summed E-state index contributed by atoms with van der Waals surface area (Å²) in [6, 6.07) is 19.0. The van der Waals surface area contributed by atoms with E-state index in [2.05, 4.69) is 48.5 Å². The molecule has 1 fully saturated rings. The fourth-order valence-electron chi connectivity index (χ4n) is 2.55. The van der Waals surface area contributed by atoms with Crippen LogP contribution < -0.4 is 0 Å². The van der Waals surface area contributed by atoms with Crippen LogP contribution >= 0.6 is 0 Å². The molecule has 0 atom stereocenters. The van der Waals surface area contributed by atoms with Crippen LogP contribution in [0.15, 0.2) is 54.6 Å². The summed E-state index contributed by atoms with van der Waals surface area (Å²) < 4.78 is 0. The van der Waals surface area contributed by atoms with E-state index in [0.717, 1.165) is 19.3 Å². The third kappa shape index (κ3) is 2.19. The van der Waals surface area contributed by atoms with Crippen molar-refractivity contribution in [3.8, 4) is 11.1 Å². The summed E-state index contributed by atoms with van der Waals surface area (Å²) in [5.41, 5.74) is 4.10. The Bertz CT molecular complexity index is 526. The van der Waals surface area contributed by atoms with Crippen LogP contribution in [0.4, 0.5) is 0 Å². The van der Waals surface area contributed by atoms with Gasteiger partial charge in [-0.1, -0.05) is 54.6 Å². The van der Waals surface area contributed by atoms with Crippen molar-refractivity contribution in [2.24, 2.45) is 5.41 Å². The van der Waals surface area contributed by atoms with E-state index in [1.807, 2.05) is 6.07 Å². The van der Waals surface area contributed by atoms with E-state index in [0.29, 0.717) is 6.61 Å². The zero-order valence-corrected chi connectivity index (χ0v) is 10.5. The third-order valence-electron chi connectivity index (χ3n) is 3.96. The maximum Gasteiger partial charge on any atom is 0.0490 e. The molecular formula is C17H18O. The van der Waals surface area contributed by atoms with Gasteiger partial charge in [-0.2, -0.15) is 0 Å². The molecule has 1 N–H and O–H groups in total. The van der Waals surface area contributed by atoms with Gasteiger partial charge in [-0.05, 0) is 41.4 Å². The first-order valence-electron chi connectivity index (χ1n) is 6.57. The molecule has 0 bridgehead atoms. The fraction of sp³-hybridized carbons (Fsp3) is 0.294. The van der Waals surface area contributed by atoms with Crippen molar-refractivity contribution in [3.63, 3.8) is 0 Å². The lowest BCUT2D eigenvalue weighted by atomic mass is 9.91. The maximum absolute atomic E-state index is 9.48. The van der Waals surface area contributed by atoms with Crippen LogP contribution in [0.2, 0.25) is 0 Å². The Hall–Kier alpha value is -1.60. The van der Waals surface area contributed by atoms with Gasteiger partial charge in [-0.25, -0.2) is 0 Å². The summed E-state index contributed by atoms with van der Waals surface area (Å²) in [6.45, 7) is 0.316. The lowest BCUT2D eigenvalue weighted by Gasteiger charge is -2.15.